The Balaban J connectivity index is 2.35. The second kappa shape index (κ2) is 8.20. The Morgan fingerprint density at radius 3 is 2.58 bits per heavy atom. The highest BCUT2D eigenvalue weighted by Crippen LogP contribution is 2.35. The van der Waals surface area contributed by atoms with Gasteiger partial charge in [-0.1, -0.05) is 0 Å². The summed E-state index contributed by atoms with van der Waals surface area (Å²) >= 11 is 0. The lowest BCUT2D eigenvalue weighted by Crippen LogP contribution is -2.44. The van der Waals surface area contributed by atoms with Crippen LogP contribution in [-0.2, 0) is 4.74 Å². The van der Waals surface area contributed by atoms with Gasteiger partial charge < -0.3 is 15.2 Å². The van der Waals surface area contributed by atoms with Gasteiger partial charge in [0.25, 0.3) is 0 Å². The summed E-state index contributed by atoms with van der Waals surface area (Å²) in [7, 11) is 3.69. The summed E-state index contributed by atoms with van der Waals surface area (Å²) in [5.74, 6) is 0.894. The molecule has 0 aromatic carbocycles. The van der Waals surface area contributed by atoms with Crippen LogP contribution in [0.4, 0.5) is 0 Å². The molecule has 0 aromatic heterocycles. The Hall–Kier alpha value is -0.160. The van der Waals surface area contributed by atoms with E-state index in [1.165, 1.54) is 12.8 Å². The van der Waals surface area contributed by atoms with E-state index in [9.17, 15) is 5.11 Å². The minimum absolute atomic E-state index is 0.143. The Bertz CT molecular complexity index is 240. The molecule has 1 rings (SSSR count). The van der Waals surface area contributed by atoms with Crippen molar-refractivity contribution in [2.75, 3.05) is 40.5 Å². The van der Waals surface area contributed by atoms with Crippen LogP contribution in [-0.4, -0.2) is 62.0 Å². The van der Waals surface area contributed by atoms with E-state index in [1.807, 2.05) is 7.05 Å². The number of aliphatic hydroxyl groups is 1. The summed E-state index contributed by atoms with van der Waals surface area (Å²) in [6.45, 7) is 7.54. The molecule has 2 N–H and O–H groups in total. The van der Waals surface area contributed by atoms with Gasteiger partial charge in [0.05, 0.1) is 13.2 Å². The van der Waals surface area contributed by atoms with Gasteiger partial charge >= 0.3 is 0 Å². The van der Waals surface area contributed by atoms with Crippen molar-refractivity contribution >= 4 is 0 Å². The molecule has 0 heterocycles. The molecule has 19 heavy (non-hydrogen) atoms. The number of nitrogens with zero attached hydrogens (tertiary/aromatic N) is 1. The summed E-state index contributed by atoms with van der Waals surface area (Å²) in [6.07, 6.45) is 4.88. The predicted molar refractivity (Wildman–Crippen MR) is 79.4 cm³/mol. The van der Waals surface area contributed by atoms with Crippen molar-refractivity contribution in [1.82, 2.24) is 10.2 Å². The van der Waals surface area contributed by atoms with E-state index in [1.54, 1.807) is 7.11 Å². The number of hydrogen-bond acceptors (Lipinski definition) is 4. The number of hydrogen-bond donors (Lipinski definition) is 2. The second-order valence-corrected chi connectivity index (χ2v) is 6.18. The smallest absolute Gasteiger partial charge is 0.0610 e. The van der Waals surface area contributed by atoms with E-state index in [2.05, 4.69) is 24.1 Å². The van der Waals surface area contributed by atoms with Crippen LogP contribution in [0.15, 0.2) is 0 Å². The quantitative estimate of drug-likeness (QED) is 0.598. The van der Waals surface area contributed by atoms with Crippen LogP contribution in [0.5, 0.6) is 0 Å². The third-order valence-corrected chi connectivity index (χ3v) is 4.59. The van der Waals surface area contributed by atoms with Crippen molar-refractivity contribution < 1.29 is 9.84 Å². The van der Waals surface area contributed by atoms with E-state index in [4.69, 9.17) is 4.74 Å². The molecule has 2 unspecified atom stereocenters. The number of ether oxygens (including phenoxy) is 1. The lowest BCUT2D eigenvalue weighted by atomic mass is 9.97. The number of likely N-dealkylation sites (N-methyl/N-ethyl adjacent to an activating group) is 1. The van der Waals surface area contributed by atoms with Crippen molar-refractivity contribution in [2.24, 2.45) is 5.92 Å². The largest absolute Gasteiger partial charge is 0.394 e. The topological polar surface area (TPSA) is 44.7 Å². The first-order chi connectivity index (χ1) is 9.06. The molecule has 1 aliphatic rings. The van der Waals surface area contributed by atoms with Crippen molar-refractivity contribution in [3.05, 3.63) is 0 Å². The van der Waals surface area contributed by atoms with Gasteiger partial charge in [0, 0.05) is 25.2 Å². The van der Waals surface area contributed by atoms with Crippen LogP contribution in [0.1, 0.15) is 39.5 Å². The van der Waals surface area contributed by atoms with Crippen molar-refractivity contribution in [3.8, 4) is 0 Å². The molecule has 1 saturated carbocycles. The van der Waals surface area contributed by atoms with Crippen molar-refractivity contribution in [1.29, 1.82) is 0 Å². The fraction of sp³-hybridized carbons (Fsp3) is 1.00. The van der Waals surface area contributed by atoms with Gasteiger partial charge in [0.1, 0.15) is 0 Å². The van der Waals surface area contributed by atoms with Crippen LogP contribution in [0.25, 0.3) is 0 Å². The minimum Gasteiger partial charge on any atom is -0.394 e. The molecule has 2 atom stereocenters. The van der Waals surface area contributed by atoms with E-state index < -0.39 is 0 Å². The fourth-order valence-electron chi connectivity index (χ4n) is 2.56. The molecule has 0 saturated heterocycles. The van der Waals surface area contributed by atoms with Crippen molar-refractivity contribution in [2.45, 2.75) is 51.1 Å². The predicted octanol–water partition coefficient (Wildman–Crippen LogP) is 1.48. The van der Waals surface area contributed by atoms with Crippen LogP contribution >= 0.6 is 0 Å². The fourth-order valence-corrected chi connectivity index (χ4v) is 2.56. The van der Waals surface area contributed by atoms with Gasteiger partial charge in [-0.05, 0) is 59.0 Å². The molecule has 0 radical (unpaired) electrons. The highest BCUT2D eigenvalue weighted by molar-refractivity contribution is 4.86. The first kappa shape index (κ1) is 16.9. The summed E-state index contributed by atoms with van der Waals surface area (Å²) in [6, 6.07) is 0.671. The van der Waals surface area contributed by atoms with Gasteiger partial charge in [0.2, 0.25) is 0 Å². The average Bonchev–Trinajstić information content (AvgIpc) is 3.26. The Morgan fingerprint density at radius 2 is 2.11 bits per heavy atom. The van der Waals surface area contributed by atoms with Gasteiger partial charge in [-0.3, -0.25) is 4.90 Å². The van der Waals surface area contributed by atoms with Crippen LogP contribution in [0.2, 0.25) is 0 Å². The third-order valence-electron chi connectivity index (χ3n) is 4.59. The number of rotatable bonds is 11. The van der Waals surface area contributed by atoms with E-state index in [-0.39, 0.29) is 12.1 Å². The molecule has 0 bridgehead atoms. The van der Waals surface area contributed by atoms with Gasteiger partial charge in [-0.2, -0.15) is 0 Å². The average molecular weight is 272 g/mol. The van der Waals surface area contributed by atoms with E-state index >= 15 is 0 Å². The highest BCUT2D eigenvalue weighted by Gasteiger charge is 2.31. The Labute approximate surface area is 118 Å². The number of aliphatic hydroxyl groups excluding tert-OH is 1. The first-order valence-electron chi connectivity index (χ1n) is 7.59. The zero-order valence-corrected chi connectivity index (χ0v) is 13.1. The molecule has 1 fully saturated rings. The molecular weight excluding hydrogens is 240 g/mol. The molecule has 4 heteroatoms. The SMILES string of the molecule is CNC(C)(CO)CCCN(CCOC)C(C)C1CC1. The summed E-state index contributed by atoms with van der Waals surface area (Å²) in [5.41, 5.74) is -0.143. The maximum absolute atomic E-state index is 9.40. The van der Waals surface area contributed by atoms with Gasteiger partial charge in [-0.25, -0.2) is 0 Å². The standard InChI is InChI=1S/C15H32N2O2/c1-13(14-6-7-14)17(10-11-19-4)9-5-8-15(2,12-18)16-3/h13-14,16,18H,5-12H2,1-4H3. The Kier molecular flexibility index (Phi) is 7.29. The Morgan fingerprint density at radius 1 is 1.42 bits per heavy atom. The molecule has 0 aromatic rings. The second-order valence-electron chi connectivity index (χ2n) is 6.18. The molecule has 0 amide bonds. The molecule has 114 valence electrons. The van der Waals surface area contributed by atoms with Gasteiger partial charge in [-0.15, -0.1) is 0 Å². The molecule has 1 aliphatic carbocycles. The molecular formula is C15H32N2O2. The normalized spacial score (nSPS) is 20.5. The highest BCUT2D eigenvalue weighted by atomic mass is 16.5. The van der Waals surface area contributed by atoms with Crippen molar-refractivity contribution in [3.63, 3.8) is 0 Å². The lowest BCUT2D eigenvalue weighted by Gasteiger charge is -2.32. The van der Waals surface area contributed by atoms with E-state index in [0.29, 0.717) is 6.04 Å². The van der Waals surface area contributed by atoms with E-state index in [0.717, 1.165) is 38.5 Å². The zero-order valence-electron chi connectivity index (χ0n) is 13.1. The molecule has 0 aliphatic heterocycles. The minimum atomic E-state index is -0.143. The maximum atomic E-state index is 9.40. The summed E-state index contributed by atoms with van der Waals surface area (Å²) in [4.78, 5) is 2.55. The maximum Gasteiger partial charge on any atom is 0.0610 e. The van der Waals surface area contributed by atoms with Crippen LogP contribution in [0.3, 0.4) is 0 Å². The number of nitrogens with one attached hydrogen (secondary N) is 1. The van der Waals surface area contributed by atoms with Crippen LogP contribution < -0.4 is 5.32 Å². The summed E-state index contributed by atoms with van der Waals surface area (Å²) < 4.78 is 5.22. The molecule has 4 nitrogen and oxygen atoms in total. The lowest BCUT2D eigenvalue weighted by molar-refractivity contribution is 0.109. The number of methoxy groups -OCH3 is 1. The van der Waals surface area contributed by atoms with Crippen LogP contribution in [0, 0.1) is 5.92 Å². The third kappa shape index (κ3) is 5.78. The molecule has 0 spiro atoms. The summed E-state index contributed by atoms with van der Waals surface area (Å²) in [5, 5.41) is 12.6. The van der Waals surface area contributed by atoms with Gasteiger partial charge in [0.15, 0.2) is 0 Å². The zero-order chi connectivity index (χ0) is 14.3. The monoisotopic (exact) mass is 272 g/mol. The first-order valence-corrected chi connectivity index (χ1v) is 7.59.